The van der Waals surface area contributed by atoms with E-state index in [1.54, 1.807) is 6.92 Å². The molecule has 0 fully saturated rings. The summed E-state index contributed by atoms with van der Waals surface area (Å²) >= 11 is 0. The third-order valence-electron chi connectivity index (χ3n) is 3.33. The Labute approximate surface area is 119 Å². The number of rotatable bonds is 5. The van der Waals surface area contributed by atoms with E-state index in [0.29, 0.717) is 12.4 Å². The lowest BCUT2D eigenvalue weighted by molar-refractivity contribution is 0.262. The molecule has 1 unspecified atom stereocenters. The number of fused-ring (bicyclic) bond motifs is 1. The van der Waals surface area contributed by atoms with Crippen molar-refractivity contribution in [2.75, 3.05) is 6.61 Å². The molecule has 0 saturated carbocycles. The first-order chi connectivity index (χ1) is 9.48. The van der Waals surface area contributed by atoms with Crippen LogP contribution < -0.4 is 15.9 Å². The summed E-state index contributed by atoms with van der Waals surface area (Å²) in [4.78, 5) is 0. The molecule has 1 aromatic rings. The maximum atomic E-state index is 9.93. The van der Waals surface area contributed by atoms with Crippen LogP contribution in [-0.2, 0) is 17.7 Å². The second-order valence-electron chi connectivity index (χ2n) is 5.35. The zero-order valence-electron chi connectivity index (χ0n) is 11.8. The fraction of sp³-hybridized carbons (Fsp3) is 0.500. The molecular weight excluding hydrogens is 255 g/mol. The Morgan fingerprint density at radius 1 is 1.60 bits per heavy atom. The molecule has 0 radical (unpaired) electrons. The number of ether oxygens (including phenoxy) is 1. The second-order valence-corrected chi connectivity index (χ2v) is 5.35. The van der Waals surface area contributed by atoms with Crippen LogP contribution in [0.2, 0.25) is 0 Å². The van der Waals surface area contributed by atoms with E-state index in [2.05, 4.69) is 6.92 Å². The zero-order chi connectivity index (χ0) is 14.8. The average Bonchev–Trinajstić information content (AvgIpc) is 2.80. The standard InChI is InChI=1S/C14H19BN2O3/c1-3-4-11-12(19-9-14(2,17)8-16)6-5-10-7-20-15(18)13(10)11/h5-6,18H,3-4,7,9,17H2,1-2H3. The first-order valence-electron chi connectivity index (χ1n) is 6.75. The van der Waals surface area contributed by atoms with Crippen LogP contribution in [0.4, 0.5) is 0 Å². The molecule has 1 aromatic carbocycles. The summed E-state index contributed by atoms with van der Waals surface area (Å²) in [6.45, 7) is 4.21. The van der Waals surface area contributed by atoms with Gasteiger partial charge in [-0.05, 0) is 36.0 Å². The van der Waals surface area contributed by atoms with Gasteiger partial charge in [0.2, 0.25) is 0 Å². The summed E-state index contributed by atoms with van der Waals surface area (Å²) in [5.41, 5.74) is 7.48. The van der Waals surface area contributed by atoms with Gasteiger partial charge in [-0.3, -0.25) is 0 Å². The summed E-state index contributed by atoms with van der Waals surface area (Å²) in [6, 6.07) is 5.75. The third-order valence-corrected chi connectivity index (χ3v) is 3.33. The number of benzene rings is 1. The van der Waals surface area contributed by atoms with Crippen molar-refractivity contribution in [2.24, 2.45) is 5.73 Å². The Hall–Kier alpha value is -1.55. The monoisotopic (exact) mass is 274 g/mol. The van der Waals surface area contributed by atoms with E-state index in [4.69, 9.17) is 20.4 Å². The molecule has 6 heteroatoms. The minimum Gasteiger partial charge on any atom is -0.490 e. The summed E-state index contributed by atoms with van der Waals surface area (Å²) in [6.07, 6.45) is 1.71. The molecule has 3 N–H and O–H groups in total. The van der Waals surface area contributed by atoms with Crippen LogP contribution in [0.25, 0.3) is 0 Å². The minimum absolute atomic E-state index is 0.107. The van der Waals surface area contributed by atoms with E-state index in [1.165, 1.54) is 0 Å². The lowest BCUT2D eigenvalue weighted by atomic mass is 9.75. The normalized spacial score (nSPS) is 16.4. The maximum Gasteiger partial charge on any atom is 0.492 e. The molecule has 1 aliphatic heterocycles. The number of nitrogens with zero attached hydrogens (tertiary/aromatic N) is 1. The predicted molar refractivity (Wildman–Crippen MR) is 76.5 cm³/mol. The van der Waals surface area contributed by atoms with Crippen LogP contribution in [0.1, 0.15) is 31.4 Å². The fourth-order valence-corrected chi connectivity index (χ4v) is 2.28. The highest BCUT2D eigenvalue weighted by atomic mass is 16.5. The van der Waals surface area contributed by atoms with Crippen molar-refractivity contribution in [1.82, 2.24) is 0 Å². The van der Waals surface area contributed by atoms with Crippen molar-refractivity contribution < 1.29 is 14.4 Å². The van der Waals surface area contributed by atoms with Crippen LogP contribution in [0.5, 0.6) is 5.75 Å². The van der Waals surface area contributed by atoms with Gasteiger partial charge in [0.1, 0.15) is 17.9 Å². The van der Waals surface area contributed by atoms with Crippen LogP contribution in [0.15, 0.2) is 12.1 Å². The van der Waals surface area contributed by atoms with Crippen molar-refractivity contribution in [3.63, 3.8) is 0 Å². The molecule has 2 rings (SSSR count). The van der Waals surface area contributed by atoms with Crippen LogP contribution in [-0.4, -0.2) is 24.3 Å². The van der Waals surface area contributed by atoms with Gasteiger partial charge in [-0.15, -0.1) is 0 Å². The number of nitriles is 1. The van der Waals surface area contributed by atoms with Crippen molar-refractivity contribution in [2.45, 2.75) is 38.8 Å². The molecule has 0 aliphatic carbocycles. The zero-order valence-corrected chi connectivity index (χ0v) is 11.8. The molecule has 0 saturated heterocycles. The van der Waals surface area contributed by atoms with E-state index in [1.807, 2.05) is 18.2 Å². The van der Waals surface area contributed by atoms with Crippen molar-refractivity contribution in [3.05, 3.63) is 23.3 Å². The van der Waals surface area contributed by atoms with Gasteiger partial charge >= 0.3 is 7.12 Å². The molecule has 20 heavy (non-hydrogen) atoms. The lowest BCUT2D eigenvalue weighted by Gasteiger charge is -2.19. The van der Waals surface area contributed by atoms with Gasteiger partial charge < -0.3 is 20.1 Å². The number of nitrogens with two attached hydrogens (primary N) is 1. The summed E-state index contributed by atoms with van der Waals surface area (Å²) in [7, 11) is -0.893. The molecule has 106 valence electrons. The first-order valence-corrected chi connectivity index (χ1v) is 6.75. The van der Waals surface area contributed by atoms with Gasteiger partial charge in [0.25, 0.3) is 0 Å². The maximum absolute atomic E-state index is 9.93. The Balaban J connectivity index is 2.30. The van der Waals surface area contributed by atoms with Gasteiger partial charge in [-0.1, -0.05) is 19.4 Å². The minimum atomic E-state index is -1.03. The molecular formula is C14H19BN2O3. The van der Waals surface area contributed by atoms with E-state index in [9.17, 15) is 5.02 Å². The van der Waals surface area contributed by atoms with E-state index < -0.39 is 12.7 Å². The van der Waals surface area contributed by atoms with Crippen LogP contribution in [0, 0.1) is 11.3 Å². The summed E-state index contributed by atoms with van der Waals surface area (Å²) in [5, 5.41) is 18.9. The molecule has 0 bridgehead atoms. The summed E-state index contributed by atoms with van der Waals surface area (Å²) < 4.78 is 11.0. The topological polar surface area (TPSA) is 88.5 Å². The van der Waals surface area contributed by atoms with Crippen LogP contribution in [0.3, 0.4) is 0 Å². The predicted octanol–water partition coefficient (Wildman–Crippen LogP) is 0.477. The van der Waals surface area contributed by atoms with E-state index in [0.717, 1.165) is 29.4 Å². The van der Waals surface area contributed by atoms with E-state index in [-0.39, 0.29) is 6.61 Å². The number of hydrogen-bond acceptors (Lipinski definition) is 5. The third kappa shape index (κ3) is 2.96. The van der Waals surface area contributed by atoms with Gasteiger partial charge in [-0.2, -0.15) is 5.26 Å². The van der Waals surface area contributed by atoms with Gasteiger partial charge in [-0.25, -0.2) is 0 Å². The highest BCUT2D eigenvalue weighted by molar-refractivity contribution is 6.62. The van der Waals surface area contributed by atoms with Crippen molar-refractivity contribution in [1.29, 1.82) is 5.26 Å². The Kier molecular flexibility index (Phi) is 4.34. The van der Waals surface area contributed by atoms with Crippen molar-refractivity contribution in [3.8, 4) is 11.8 Å². The highest BCUT2D eigenvalue weighted by Gasteiger charge is 2.32. The molecule has 0 amide bonds. The van der Waals surface area contributed by atoms with Gasteiger partial charge in [0, 0.05) is 0 Å². The molecule has 1 atom stereocenters. The second kappa shape index (κ2) is 5.84. The van der Waals surface area contributed by atoms with Gasteiger partial charge in [0.15, 0.2) is 0 Å². The quantitative estimate of drug-likeness (QED) is 0.762. The highest BCUT2D eigenvalue weighted by Crippen LogP contribution is 2.24. The molecule has 5 nitrogen and oxygen atoms in total. The molecule has 0 aromatic heterocycles. The molecule has 1 aliphatic rings. The lowest BCUT2D eigenvalue weighted by Crippen LogP contribution is -2.41. The number of hydrogen-bond donors (Lipinski definition) is 2. The summed E-state index contributed by atoms with van der Waals surface area (Å²) in [5.74, 6) is 0.669. The van der Waals surface area contributed by atoms with Crippen molar-refractivity contribution >= 4 is 12.6 Å². The average molecular weight is 274 g/mol. The Morgan fingerprint density at radius 3 is 3.00 bits per heavy atom. The molecule has 0 spiro atoms. The van der Waals surface area contributed by atoms with E-state index >= 15 is 0 Å². The van der Waals surface area contributed by atoms with Crippen LogP contribution >= 0.6 is 0 Å². The van der Waals surface area contributed by atoms with Gasteiger partial charge in [0.05, 0.1) is 12.7 Å². The molecule has 1 heterocycles. The first kappa shape index (κ1) is 14.9. The largest absolute Gasteiger partial charge is 0.492 e. The smallest absolute Gasteiger partial charge is 0.490 e. The Bertz CT molecular complexity index is 540. The fourth-order valence-electron chi connectivity index (χ4n) is 2.28. The SMILES string of the molecule is CCCc1c(OCC(C)(N)C#N)ccc2c1B(O)OC2. The Morgan fingerprint density at radius 2 is 2.35 bits per heavy atom.